The first-order chi connectivity index (χ1) is 7.15. The Hall–Kier alpha value is -0.970. The zero-order chi connectivity index (χ0) is 10.8. The molecule has 0 spiro atoms. The molecule has 0 aliphatic rings. The van der Waals surface area contributed by atoms with E-state index in [1.807, 2.05) is 0 Å². The fourth-order valence-corrected chi connectivity index (χ4v) is 1.50. The Morgan fingerprint density at radius 3 is 2.07 bits per heavy atom. The van der Waals surface area contributed by atoms with Crippen LogP contribution >= 0.6 is 34.8 Å². The summed E-state index contributed by atoms with van der Waals surface area (Å²) in [6, 6.07) is 5.08. The highest BCUT2D eigenvalue weighted by Gasteiger charge is 2.07. The van der Waals surface area contributed by atoms with Crippen molar-refractivity contribution in [3.63, 3.8) is 0 Å². The van der Waals surface area contributed by atoms with E-state index in [1.165, 1.54) is 0 Å². The maximum atomic E-state index is 5.73. The second kappa shape index (κ2) is 4.26. The van der Waals surface area contributed by atoms with Gasteiger partial charge in [0, 0.05) is 0 Å². The van der Waals surface area contributed by atoms with Crippen molar-refractivity contribution in [1.29, 1.82) is 0 Å². The van der Waals surface area contributed by atoms with E-state index in [-0.39, 0.29) is 10.6 Å². The lowest BCUT2D eigenvalue weighted by Gasteiger charge is -1.99. The zero-order valence-electron chi connectivity index (χ0n) is 7.15. The molecule has 2 aromatic heterocycles. The molecule has 0 saturated carbocycles. The third kappa shape index (κ3) is 2.53. The molecular weight excluding hydrogens is 258 g/mol. The summed E-state index contributed by atoms with van der Waals surface area (Å²) < 4.78 is 0. The topological polar surface area (TPSA) is 51.6 Å². The van der Waals surface area contributed by atoms with Gasteiger partial charge in [-0.1, -0.05) is 17.7 Å². The quantitative estimate of drug-likeness (QED) is 0.741. The summed E-state index contributed by atoms with van der Waals surface area (Å²) >= 11 is 17.0. The Morgan fingerprint density at radius 1 is 0.800 bits per heavy atom. The van der Waals surface area contributed by atoms with Crippen LogP contribution in [-0.4, -0.2) is 19.9 Å². The van der Waals surface area contributed by atoms with Crippen LogP contribution in [-0.2, 0) is 0 Å². The minimum atomic E-state index is 0.0202. The second-order valence-corrected chi connectivity index (χ2v) is 3.61. The number of hydrogen-bond acceptors (Lipinski definition) is 4. The summed E-state index contributed by atoms with van der Waals surface area (Å²) in [4.78, 5) is 15.4. The average Bonchev–Trinajstić information content (AvgIpc) is 2.16. The summed E-state index contributed by atoms with van der Waals surface area (Å²) in [7, 11) is 0. The number of nitrogens with zero attached hydrogens (tertiary/aromatic N) is 4. The van der Waals surface area contributed by atoms with Gasteiger partial charge < -0.3 is 0 Å². The van der Waals surface area contributed by atoms with Gasteiger partial charge in [0.05, 0.1) is 0 Å². The lowest BCUT2D eigenvalue weighted by Crippen LogP contribution is -1.95. The van der Waals surface area contributed by atoms with Crippen LogP contribution in [0.3, 0.4) is 0 Å². The van der Waals surface area contributed by atoms with Crippen LogP contribution in [0.25, 0.3) is 11.5 Å². The Labute approximate surface area is 100 Å². The van der Waals surface area contributed by atoms with Gasteiger partial charge in [-0.3, -0.25) is 0 Å². The largest absolute Gasteiger partial charge is 0.233 e. The molecule has 0 saturated heterocycles. The first-order valence-corrected chi connectivity index (χ1v) is 4.98. The van der Waals surface area contributed by atoms with Crippen molar-refractivity contribution in [1.82, 2.24) is 19.9 Å². The smallest absolute Gasteiger partial charge is 0.227 e. The summed E-state index contributed by atoms with van der Waals surface area (Å²) in [5, 5.41) is 0.388. The van der Waals surface area contributed by atoms with Crippen molar-refractivity contribution in [2.45, 2.75) is 0 Å². The number of pyridine rings is 1. The minimum Gasteiger partial charge on any atom is -0.233 e. The average molecular weight is 261 g/mol. The number of hydrogen-bond donors (Lipinski definition) is 0. The SMILES string of the molecule is Clc1cccc(-c2nc(Cl)nc(Cl)n2)n1. The second-order valence-electron chi connectivity index (χ2n) is 2.54. The number of halogens is 3. The normalized spacial score (nSPS) is 10.3. The highest BCUT2D eigenvalue weighted by Crippen LogP contribution is 2.17. The lowest BCUT2D eigenvalue weighted by atomic mass is 10.3. The minimum absolute atomic E-state index is 0.0202. The van der Waals surface area contributed by atoms with E-state index in [1.54, 1.807) is 18.2 Å². The van der Waals surface area contributed by atoms with Crippen molar-refractivity contribution < 1.29 is 0 Å². The molecule has 0 radical (unpaired) electrons. The van der Waals surface area contributed by atoms with E-state index in [9.17, 15) is 0 Å². The van der Waals surface area contributed by atoms with E-state index >= 15 is 0 Å². The maximum absolute atomic E-state index is 5.73. The number of rotatable bonds is 1. The molecule has 0 aliphatic carbocycles. The van der Waals surface area contributed by atoms with Crippen molar-refractivity contribution in [3.8, 4) is 11.5 Å². The molecule has 76 valence electrons. The molecular formula is C8H3Cl3N4. The van der Waals surface area contributed by atoms with Gasteiger partial charge in [-0.15, -0.1) is 0 Å². The summed E-state index contributed by atoms with van der Waals surface area (Å²) in [6.45, 7) is 0. The van der Waals surface area contributed by atoms with Crippen LogP contribution in [0.2, 0.25) is 15.7 Å². The van der Waals surface area contributed by atoms with Crippen molar-refractivity contribution >= 4 is 34.8 Å². The molecule has 0 aliphatic heterocycles. The van der Waals surface area contributed by atoms with Crippen molar-refractivity contribution in [2.24, 2.45) is 0 Å². The Balaban J connectivity index is 2.54. The molecule has 0 atom stereocenters. The van der Waals surface area contributed by atoms with Gasteiger partial charge in [0.2, 0.25) is 10.6 Å². The Kier molecular flexibility index (Phi) is 3.00. The van der Waals surface area contributed by atoms with Gasteiger partial charge in [0.25, 0.3) is 0 Å². The Bertz CT molecular complexity index is 483. The molecule has 15 heavy (non-hydrogen) atoms. The van der Waals surface area contributed by atoms with Gasteiger partial charge >= 0.3 is 0 Å². The molecule has 2 heterocycles. The molecule has 7 heteroatoms. The van der Waals surface area contributed by atoms with Gasteiger partial charge in [0.1, 0.15) is 10.8 Å². The molecule has 0 bridgehead atoms. The van der Waals surface area contributed by atoms with Gasteiger partial charge in [-0.2, -0.15) is 15.0 Å². The zero-order valence-corrected chi connectivity index (χ0v) is 9.42. The van der Waals surface area contributed by atoms with Gasteiger partial charge in [0.15, 0.2) is 5.82 Å². The van der Waals surface area contributed by atoms with Crippen LogP contribution in [0.15, 0.2) is 18.2 Å². The molecule has 0 aromatic carbocycles. The van der Waals surface area contributed by atoms with Crippen molar-refractivity contribution in [2.75, 3.05) is 0 Å². The van der Waals surface area contributed by atoms with Crippen LogP contribution in [0.1, 0.15) is 0 Å². The summed E-state index contributed by atoms with van der Waals surface area (Å²) in [5.74, 6) is 0.294. The fraction of sp³-hybridized carbons (Fsp3) is 0. The highest BCUT2D eigenvalue weighted by molar-refractivity contribution is 6.31. The molecule has 0 amide bonds. The van der Waals surface area contributed by atoms with Gasteiger partial charge in [-0.05, 0) is 35.3 Å². The van der Waals surface area contributed by atoms with Crippen LogP contribution in [0.4, 0.5) is 0 Å². The molecule has 4 nitrogen and oxygen atoms in total. The molecule has 0 N–H and O–H groups in total. The lowest BCUT2D eigenvalue weighted by molar-refractivity contribution is 1.04. The van der Waals surface area contributed by atoms with Crippen LogP contribution < -0.4 is 0 Å². The van der Waals surface area contributed by atoms with Gasteiger partial charge in [-0.25, -0.2) is 4.98 Å². The molecule has 0 fully saturated rings. The van der Waals surface area contributed by atoms with E-state index in [0.717, 1.165) is 0 Å². The first kappa shape index (κ1) is 10.5. The summed E-state index contributed by atoms with van der Waals surface area (Å²) in [6.07, 6.45) is 0. The van der Waals surface area contributed by atoms with E-state index < -0.39 is 0 Å². The van der Waals surface area contributed by atoms with E-state index in [0.29, 0.717) is 16.7 Å². The first-order valence-electron chi connectivity index (χ1n) is 3.85. The Morgan fingerprint density at radius 2 is 1.47 bits per heavy atom. The third-order valence-electron chi connectivity index (χ3n) is 1.53. The summed E-state index contributed by atoms with van der Waals surface area (Å²) in [5.41, 5.74) is 0.494. The fourth-order valence-electron chi connectivity index (χ4n) is 0.973. The predicted molar refractivity (Wildman–Crippen MR) is 58.1 cm³/mol. The predicted octanol–water partition coefficient (Wildman–Crippen LogP) is 2.89. The molecule has 2 aromatic rings. The van der Waals surface area contributed by atoms with Crippen LogP contribution in [0, 0.1) is 0 Å². The molecule has 2 rings (SSSR count). The number of aromatic nitrogens is 4. The highest BCUT2D eigenvalue weighted by atomic mass is 35.5. The maximum Gasteiger partial charge on any atom is 0.227 e. The standard InChI is InChI=1S/C8H3Cl3N4/c9-5-3-1-2-4(12-5)6-13-7(10)15-8(11)14-6/h1-3H. The monoisotopic (exact) mass is 260 g/mol. The van der Waals surface area contributed by atoms with E-state index in [2.05, 4.69) is 19.9 Å². The third-order valence-corrected chi connectivity index (χ3v) is 2.07. The van der Waals surface area contributed by atoms with Crippen molar-refractivity contribution in [3.05, 3.63) is 33.9 Å². The van der Waals surface area contributed by atoms with E-state index in [4.69, 9.17) is 34.8 Å². The molecule has 0 unspecified atom stereocenters. The van der Waals surface area contributed by atoms with Crippen LogP contribution in [0.5, 0.6) is 0 Å².